The van der Waals surface area contributed by atoms with Crippen LogP contribution in [0.2, 0.25) is 0 Å². The highest BCUT2D eigenvalue weighted by molar-refractivity contribution is 6.12. The summed E-state index contributed by atoms with van der Waals surface area (Å²) in [6, 6.07) is 15.7. The van der Waals surface area contributed by atoms with Crippen LogP contribution in [0, 0.1) is 0 Å². The minimum Gasteiger partial charge on any atom is -0.409 e. The molecule has 4 rings (SSSR count). The van der Waals surface area contributed by atoms with E-state index in [0.29, 0.717) is 5.58 Å². The second-order valence-electron chi connectivity index (χ2n) is 4.29. The topological polar surface area (TPSA) is 34.6 Å². The Kier molecular flexibility index (Phi) is 1.70. The molecule has 0 radical (unpaired) electrons. The van der Waals surface area contributed by atoms with Crippen molar-refractivity contribution >= 4 is 27.3 Å². The van der Waals surface area contributed by atoms with E-state index in [-0.39, 0.29) is 5.76 Å². The van der Waals surface area contributed by atoms with Crippen LogP contribution in [0.5, 0.6) is 0 Å². The molecule has 2 aromatic heterocycles. The van der Waals surface area contributed by atoms with E-state index < -0.39 is 0 Å². The lowest BCUT2D eigenvalue weighted by Crippen LogP contribution is -2.09. The van der Waals surface area contributed by atoms with Crippen molar-refractivity contribution in [1.82, 2.24) is 4.40 Å². The lowest BCUT2D eigenvalue weighted by molar-refractivity contribution is 0.523. The molecule has 4 aromatic rings. The van der Waals surface area contributed by atoms with Gasteiger partial charge in [-0.05, 0) is 29.0 Å². The van der Waals surface area contributed by atoms with Crippen molar-refractivity contribution in [3.63, 3.8) is 0 Å². The van der Waals surface area contributed by atoms with E-state index in [1.807, 2.05) is 42.5 Å². The summed E-state index contributed by atoms with van der Waals surface area (Å²) in [6.45, 7) is 0. The summed E-state index contributed by atoms with van der Waals surface area (Å²) in [4.78, 5) is 11.8. The molecular weight excluding hydrogens is 226 g/mol. The SMILES string of the molecule is O=c1oc2ccc3ccccc3c2c2cccn12. The summed E-state index contributed by atoms with van der Waals surface area (Å²) in [5.41, 5.74) is 1.52. The third kappa shape index (κ3) is 1.10. The van der Waals surface area contributed by atoms with Gasteiger partial charge in [0, 0.05) is 11.6 Å². The Morgan fingerprint density at radius 2 is 1.83 bits per heavy atom. The Balaban J connectivity index is 2.44. The van der Waals surface area contributed by atoms with Gasteiger partial charge in [0.05, 0.1) is 5.52 Å². The summed E-state index contributed by atoms with van der Waals surface area (Å²) < 4.78 is 6.89. The van der Waals surface area contributed by atoms with Crippen molar-refractivity contribution in [1.29, 1.82) is 0 Å². The zero-order chi connectivity index (χ0) is 12.1. The smallest absolute Gasteiger partial charge is 0.409 e. The Bertz CT molecular complexity index is 947. The summed E-state index contributed by atoms with van der Waals surface area (Å²) in [5, 5.41) is 3.22. The zero-order valence-corrected chi connectivity index (χ0v) is 9.46. The molecule has 3 heteroatoms. The van der Waals surface area contributed by atoms with E-state index in [0.717, 1.165) is 21.7 Å². The fourth-order valence-corrected chi connectivity index (χ4v) is 2.49. The second-order valence-corrected chi connectivity index (χ2v) is 4.29. The van der Waals surface area contributed by atoms with Crippen LogP contribution in [-0.2, 0) is 0 Å². The maximum absolute atomic E-state index is 11.8. The third-order valence-corrected chi connectivity index (χ3v) is 3.29. The molecule has 0 aliphatic carbocycles. The third-order valence-electron chi connectivity index (χ3n) is 3.29. The highest BCUT2D eigenvalue weighted by Crippen LogP contribution is 2.27. The largest absolute Gasteiger partial charge is 0.423 e. The molecule has 2 heterocycles. The van der Waals surface area contributed by atoms with Crippen LogP contribution < -0.4 is 5.76 Å². The zero-order valence-electron chi connectivity index (χ0n) is 9.46. The molecule has 0 saturated heterocycles. The summed E-state index contributed by atoms with van der Waals surface area (Å²) in [7, 11) is 0. The highest BCUT2D eigenvalue weighted by atomic mass is 16.4. The molecule has 86 valence electrons. The number of fused-ring (bicyclic) bond motifs is 5. The number of rotatable bonds is 0. The molecule has 0 saturated carbocycles. The molecule has 0 spiro atoms. The quantitative estimate of drug-likeness (QED) is 0.439. The molecule has 0 amide bonds. The van der Waals surface area contributed by atoms with Gasteiger partial charge in [-0.15, -0.1) is 0 Å². The van der Waals surface area contributed by atoms with Gasteiger partial charge >= 0.3 is 5.76 Å². The number of hydrogen-bond acceptors (Lipinski definition) is 2. The molecule has 0 bridgehead atoms. The van der Waals surface area contributed by atoms with Crippen molar-refractivity contribution in [2.24, 2.45) is 0 Å². The maximum atomic E-state index is 11.8. The van der Waals surface area contributed by atoms with Crippen LogP contribution in [0.1, 0.15) is 0 Å². The first-order valence-electron chi connectivity index (χ1n) is 5.76. The molecule has 3 nitrogen and oxygen atoms in total. The summed E-state index contributed by atoms with van der Waals surface area (Å²) in [6.07, 6.45) is 1.72. The fraction of sp³-hybridized carbons (Fsp3) is 0. The van der Waals surface area contributed by atoms with Crippen LogP contribution in [0.4, 0.5) is 0 Å². The molecular formula is C15H9NO2. The van der Waals surface area contributed by atoms with Gasteiger partial charge in [0.15, 0.2) is 0 Å². The lowest BCUT2D eigenvalue weighted by Gasteiger charge is -2.04. The normalized spacial score (nSPS) is 11.6. The van der Waals surface area contributed by atoms with Crippen molar-refractivity contribution < 1.29 is 4.42 Å². The van der Waals surface area contributed by atoms with Gasteiger partial charge < -0.3 is 4.42 Å². The second kappa shape index (κ2) is 3.23. The van der Waals surface area contributed by atoms with E-state index in [1.54, 1.807) is 6.20 Å². The van der Waals surface area contributed by atoms with Crippen LogP contribution >= 0.6 is 0 Å². The Morgan fingerprint density at radius 1 is 0.944 bits per heavy atom. The summed E-state index contributed by atoms with van der Waals surface area (Å²) >= 11 is 0. The van der Waals surface area contributed by atoms with Crippen molar-refractivity contribution in [3.8, 4) is 0 Å². The van der Waals surface area contributed by atoms with E-state index in [9.17, 15) is 4.79 Å². The standard InChI is InChI=1S/C15H9NO2/c17-15-16-9-3-6-12(16)14-11-5-2-1-4-10(11)7-8-13(14)18-15/h1-9H. The minimum atomic E-state index is -0.349. The van der Waals surface area contributed by atoms with Crippen LogP contribution in [-0.4, -0.2) is 4.40 Å². The van der Waals surface area contributed by atoms with Crippen LogP contribution in [0.25, 0.3) is 27.3 Å². The van der Waals surface area contributed by atoms with Crippen molar-refractivity contribution in [2.75, 3.05) is 0 Å². The molecule has 0 fully saturated rings. The molecule has 0 aliphatic rings. The molecule has 0 unspecified atom stereocenters. The molecule has 2 aromatic carbocycles. The van der Waals surface area contributed by atoms with Gasteiger partial charge in [-0.2, -0.15) is 0 Å². The molecule has 18 heavy (non-hydrogen) atoms. The monoisotopic (exact) mass is 235 g/mol. The van der Waals surface area contributed by atoms with E-state index in [1.165, 1.54) is 4.40 Å². The average Bonchev–Trinajstić information content (AvgIpc) is 2.88. The predicted octanol–water partition coefficient (Wildman–Crippen LogP) is 3.20. The van der Waals surface area contributed by atoms with Gasteiger partial charge in [-0.1, -0.05) is 30.3 Å². The number of aromatic nitrogens is 1. The Hall–Kier alpha value is -2.55. The first-order valence-corrected chi connectivity index (χ1v) is 5.76. The first kappa shape index (κ1) is 9.48. The van der Waals surface area contributed by atoms with E-state index >= 15 is 0 Å². The number of hydrogen-bond donors (Lipinski definition) is 0. The van der Waals surface area contributed by atoms with Crippen molar-refractivity contribution in [2.45, 2.75) is 0 Å². The predicted molar refractivity (Wildman–Crippen MR) is 70.9 cm³/mol. The number of nitrogens with zero attached hydrogens (tertiary/aromatic N) is 1. The van der Waals surface area contributed by atoms with Gasteiger partial charge in [-0.25, -0.2) is 4.79 Å². The molecule has 0 atom stereocenters. The Labute approximate surface area is 102 Å². The van der Waals surface area contributed by atoms with E-state index in [4.69, 9.17) is 4.42 Å². The average molecular weight is 235 g/mol. The molecule has 0 aliphatic heterocycles. The van der Waals surface area contributed by atoms with E-state index in [2.05, 4.69) is 6.07 Å². The van der Waals surface area contributed by atoms with Crippen molar-refractivity contribution in [3.05, 3.63) is 65.3 Å². The van der Waals surface area contributed by atoms with Crippen LogP contribution in [0.3, 0.4) is 0 Å². The lowest BCUT2D eigenvalue weighted by atomic mass is 10.1. The highest BCUT2D eigenvalue weighted by Gasteiger charge is 2.09. The summed E-state index contributed by atoms with van der Waals surface area (Å²) in [5.74, 6) is -0.349. The Morgan fingerprint density at radius 3 is 2.78 bits per heavy atom. The van der Waals surface area contributed by atoms with Gasteiger partial charge in [-0.3, -0.25) is 4.40 Å². The first-order chi connectivity index (χ1) is 8.84. The maximum Gasteiger partial charge on any atom is 0.423 e. The fourth-order valence-electron chi connectivity index (χ4n) is 2.49. The minimum absolute atomic E-state index is 0.349. The van der Waals surface area contributed by atoms with Gasteiger partial charge in [0.1, 0.15) is 5.58 Å². The van der Waals surface area contributed by atoms with Gasteiger partial charge in [0.2, 0.25) is 0 Å². The van der Waals surface area contributed by atoms with Crippen LogP contribution in [0.15, 0.2) is 63.9 Å². The number of benzene rings is 2. The van der Waals surface area contributed by atoms with Gasteiger partial charge in [0.25, 0.3) is 0 Å². The molecule has 0 N–H and O–H groups in total.